The number of fused-ring (bicyclic) bond motifs is 1. The number of imidazole rings is 1. The Labute approximate surface area is 205 Å². The molecule has 0 aliphatic rings. The molecule has 0 bridgehead atoms. The van der Waals surface area contributed by atoms with Gasteiger partial charge in [0, 0.05) is 6.54 Å². The molecule has 2 aromatic carbocycles. The van der Waals surface area contributed by atoms with Crippen LogP contribution in [0.5, 0.6) is 5.75 Å². The number of ether oxygens (including phenoxy) is 1. The summed E-state index contributed by atoms with van der Waals surface area (Å²) in [5.74, 6) is 0.0108. The van der Waals surface area contributed by atoms with Gasteiger partial charge in [-0.25, -0.2) is 14.6 Å². The minimum Gasteiger partial charge on any atom is -0.449 e. The molecule has 4 aromatic rings. The van der Waals surface area contributed by atoms with Gasteiger partial charge < -0.3 is 14.4 Å². The molecule has 9 nitrogen and oxygen atoms in total. The van der Waals surface area contributed by atoms with Crippen LogP contribution in [-0.2, 0) is 19.3 Å². The zero-order valence-electron chi connectivity index (χ0n) is 18.8. The number of halogens is 4. The van der Waals surface area contributed by atoms with Gasteiger partial charge in [0.2, 0.25) is 5.75 Å². The Morgan fingerprint density at radius 3 is 2.53 bits per heavy atom. The van der Waals surface area contributed by atoms with Crippen molar-refractivity contribution < 1.29 is 27.8 Å². The fourth-order valence-corrected chi connectivity index (χ4v) is 4.24. The normalized spacial score (nSPS) is 11.7. The molecule has 0 amide bonds. The van der Waals surface area contributed by atoms with Crippen molar-refractivity contribution in [2.75, 3.05) is 0 Å². The van der Waals surface area contributed by atoms with Gasteiger partial charge in [-0.2, -0.15) is 13.2 Å². The summed E-state index contributed by atoms with van der Waals surface area (Å²) in [7, 11) is 0. The first-order chi connectivity index (χ1) is 16.9. The predicted octanol–water partition coefficient (Wildman–Crippen LogP) is 4.45. The standard InChI is InChI=1S/C23H18ClF3N4O5/c1-3-29-12(2)28-16-9-14(7-8-17(16)29)30-11-18(36-22(34)35)20(32)31(21(30)33)10-13-5-4-6-15(19(13)24)23(25,26)27/h4-9,11H,3,10H2,1-2H3,(H,34,35). The van der Waals surface area contributed by atoms with E-state index in [2.05, 4.69) is 9.72 Å². The lowest BCUT2D eigenvalue weighted by Crippen LogP contribution is -2.40. The van der Waals surface area contributed by atoms with E-state index in [-0.39, 0.29) is 11.3 Å². The highest BCUT2D eigenvalue weighted by atomic mass is 35.5. The van der Waals surface area contributed by atoms with Crippen molar-refractivity contribution in [3.8, 4) is 11.4 Å². The van der Waals surface area contributed by atoms with Crippen molar-refractivity contribution in [2.45, 2.75) is 33.1 Å². The molecule has 13 heteroatoms. The van der Waals surface area contributed by atoms with Crippen molar-refractivity contribution in [2.24, 2.45) is 0 Å². The fraction of sp³-hybridized carbons (Fsp3) is 0.217. The van der Waals surface area contributed by atoms with E-state index < -0.39 is 46.5 Å². The quantitative estimate of drug-likeness (QED) is 0.388. The van der Waals surface area contributed by atoms with E-state index in [9.17, 15) is 27.6 Å². The van der Waals surface area contributed by atoms with Gasteiger partial charge in [0.05, 0.1) is 40.0 Å². The van der Waals surface area contributed by atoms with Gasteiger partial charge in [0.15, 0.2) is 0 Å². The van der Waals surface area contributed by atoms with Gasteiger partial charge >= 0.3 is 18.0 Å². The Balaban J connectivity index is 1.92. The topological polar surface area (TPSA) is 108 Å². The number of alkyl halides is 3. The second-order valence-corrected chi connectivity index (χ2v) is 8.14. The van der Waals surface area contributed by atoms with Crippen LogP contribution in [0.15, 0.2) is 52.2 Å². The second-order valence-electron chi connectivity index (χ2n) is 7.76. The van der Waals surface area contributed by atoms with Crippen LogP contribution < -0.4 is 16.0 Å². The van der Waals surface area contributed by atoms with E-state index in [1.54, 1.807) is 18.2 Å². The first-order valence-electron chi connectivity index (χ1n) is 10.5. The summed E-state index contributed by atoms with van der Waals surface area (Å²) in [6.07, 6.45) is -5.66. The van der Waals surface area contributed by atoms with E-state index >= 15 is 0 Å². The number of benzene rings is 2. The molecule has 1 N–H and O–H groups in total. The molecule has 0 fully saturated rings. The molecule has 188 valence electrons. The average molecular weight is 523 g/mol. The number of carboxylic acid groups (broad SMARTS) is 1. The maximum atomic E-state index is 13.3. The number of carbonyl (C=O) groups is 1. The van der Waals surface area contributed by atoms with Crippen LogP contribution in [0.25, 0.3) is 16.7 Å². The number of hydrogen-bond acceptors (Lipinski definition) is 5. The molecule has 2 heterocycles. The first kappa shape index (κ1) is 25.0. The zero-order chi connectivity index (χ0) is 26.4. The van der Waals surface area contributed by atoms with Crippen LogP contribution in [0.3, 0.4) is 0 Å². The number of rotatable bonds is 5. The minimum atomic E-state index is -4.76. The zero-order valence-corrected chi connectivity index (χ0v) is 19.6. The van der Waals surface area contributed by atoms with Gasteiger partial charge in [-0.15, -0.1) is 0 Å². The third-order valence-electron chi connectivity index (χ3n) is 5.57. The number of aromatic nitrogens is 4. The van der Waals surface area contributed by atoms with Crippen LogP contribution >= 0.6 is 11.6 Å². The van der Waals surface area contributed by atoms with E-state index in [0.717, 1.165) is 34.2 Å². The lowest BCUT2D eigenvalue weighted by atomic mass is 10.1. The second kappa shape index (κ2) is 9.19. The van der Waals surface area contributed by atoms with Crippen molar-refractivity contribution in [1.29, 1.82) is 0 Å². The summed E-state index contributed by atoms with van der Waals surface area (Å²) >= 11 is 5.94. The molecule has 0 atom stereocenters. The molecule has 0 saturated carbocycles. The summed E-state index contributed by atoms with van der Waals surface area (Å²) in [5.41, 5.74) is -1.85. The van der Waals surface area contributed by atoms with Crippen molar-refractivity contribution in [1.82, 2.24) is 18.7 Å². The van der Waals surface area contributed by atoms with Crippen molar-refractivity contribution in [3.63, 3.8) is 0 Å². The summed E-state index contributed by atoms with van der Waals surface area (Å²) in [4.78, 5) is 41.8. The molecule has 0 saturated heterocycles. The van der Waals surface area contributed by atoms with Crippen LogP contribution in [0.1, 0.15) is 23.9 Å². The van der Waals surface area contributed by atoms with Crippen molar-refractivity contribution >= 4 is 28.8 Å². The Bertz CT molecular complexity index is 1620. The summed E-state index contributed by atoms with van der Waals surface area (Å²) in [5, 5.41) is 8.37. The molecule has 0 radical (unpaired) electrons. The predicted molar refractivity (Wildman–Crippen MR) is 124 cm³/mol. The Hall–Kier alpha value is -4.06. The Kier molecular flexibility index (Phi) is 6.39. The van der Waals surface area contributed by atoms with E-state index in [0.29, 0.717) is 16.6 Å². The minimum absolute atomic E-state index is 0.169. The van der Waals surface area contributed by atoms with Crippen LogP contribution in [0, 0.1) is 6.92 Å². The Morgan fingerprint density at radius 2 is 1.89 bits per heavy atom. The summed E-state index contributed by atoms with van der Waals surface area (Å²) in [6.45, 7) is 3.74. The van der Waals surface area contributed by atoms with Gasteiger partial charge in [0.25, 0.3) is 5.56 Å². The molecule has 0 unspecified atom stereocenters. The molecule has 0 aliphatic carbocycles. The smallest absolute Gasteiger partial charge is 0.449 e. The van der Waals surface area contributed by atoms with E-state index in [4.69, 9.17) is 16.7 Å². The molecular weight excluding hydrogens is 505 g/mol. The summed E-state index contributed by atoms with van der Waals surface area (Å²) in [6, 6.07) is 7.91. The maximum absolute atomic E-state index is 13.3. The SMILES string of the molecule is CCn1c(C)nc2cc(-n3cc(OC(=O)O)c(=O)n(Cc4cccc(C(F)(F)F)c4Cl)c3=O)ccc21. The molecule has 2 aromatic heterocycles. The van der Waals surface area contributed by atoms with Gasteiger partial charge in [-0.05, 0) is 43.7 Å². The van der Waals surface area contributed by atoms with Crippen LogP contribution in [0.4, 0.5) is 18.0 Å². The third-order valence-corrected chi connectivity index (χ3v) is 6.01. The van der Waals surface area contributed by atoms with Gasteiger partial charge in [-0.1, -0.05) is 23.7 Å². The molecule has 4 rings (SSSR count). The van der Waals surface area contributed by atoms with Crippen LogP contribution in [-0.4, -0.2) is 29.9 Å². The van der Waals surface area contributed by atoms with Gasteiger partial charge in [-0.3, -0.25) is 13.9 Å². The molecule has 0 aliphatic heterocycles. The largest absolute Gasteiger partial charge is 0.511 e. The Morgan fingerprint density at radius 1 is 1.17 bits per heavy atom. The van der Waals surface area contributed by atoms with Crippen molar-refractivity contribution in [3.05, 3.63) is 85.4 Å². The number of hydrogen-bond donors (Lipinski definition) is 1. The van der Waals surface area contributed by atoms with Crippen LogP contribution in [0.2, 0.25) is 5.02 Å². The molecular formula is C23H18ClF3N4O5. The monoisotopic (exact) mass is 522 g/mol. The fourth-order valence-electron chi connectivity index (χ4n) is 3.94. The third kappa shape index (κ3) is 4.47. The average Bonchev–Trinajstić information content (AvgIpc) is 3.12. The lowest BCUT2D eigenvalue weighted by Gasteiger charge is -2.15. The number of aryl methyl sites for hydroxylation is 2. The highest BCUT2D eigenvalue weighted by molar-refractivity contribution is 6.32. The lowest BCUT2D eigenvalue weighted by molar-refractivity contribution is -0.137. The number of nitrogens with zero attached hydrogens (tertiary/aromatic N) is 4. The first-order valence-corrected chi connectivity index (χ1v) is 10.9. The highest BCUT2D eigenvalue weighted by Gasteiger charge is 2.34. The van der Waals surface area contributed by atoms with E-state index in [1.807, 2.05) is 18.4 Å². The molecule has 0 spiro atoms. The molecule has 36 heavy (non-hydrogen) atoms. The maximum Gasteiger partial charge on any atom is 0.511 e. The van der Waals surface area contributed by atoms with E-state index in [1.165, 1.54) is 6.07 Å². The summed E-state index contributed by atoms with van der Waals surface area (Å²) < 4.78 is 47.9. The highest BCUT2D eigenvalue weighted by Crippen LogP contribution is 2.36. The van der Waals surface area contributed by atoms with Gasteiger partial charge in [0.1, 0.15) is 5.82 Å².